The lowest BCUT2D eigenvalue weighted by Crippen LogP contribution is -2.36. The Morgan fingerprint density at radius 3 is 2.82 bits per heavy atom. The summed E-state index contributed by atoms with van der Waals surface area (Å²) in [5.41, 5.74) is -0.187. The van der Waals surface area contributed by atoms with Gasteiger partial charge in [-0.3, -0.25) is 4.79 Å². The zero-order chi connectivity index (χ0) is 15.9. The van der Waals surface area contributed by atoms with Crippen molar-refractivity contribution in [1.82, 2.24) is 9.80 Å². The molecule has 22 heavy (non-hydrogen) atoms. The molecule has 1 aliphatic heterocycles. The van der Waals surface area contributed by atoms with Crippen molar-refractivity contribution >= 4 is 5.91 Å². The van der Waals surface area contributed by atoms with Crippen molar-refractivity contribution < 1.29 is 18.3 Å². The predicted octanol–water partition coefficient (Wildman–Crippen LogP) is 2.15. The second-order valence-corrected chi connectivity index (χ2v) is 5.44. The van der Waals surface area contributed by atoms with Crippen LogP contribution < -0.4 is 0 Å². The summed E-state index contributed by atoms with van der Waals surface area (Å²) in [5, 5.41) is 0. The van der Waals surface area contributed by atoms with Gasteiger partial charge in [-0.15, -0.1) is 0 Å². The third kappa shape index (κ3) is 4.24. The number of methoxy groups -OCH3 is 1. The number of amides is 1. The Labute approximate surface area is 129 Å². The lowest BCUT2D eigenvalue weighted by Gasteiger charge is -2.22. The quantitative estimate of drug-likeness (QED) is 0.781. The molecular weight excluding hydrogens is 290 g/mol. The fraction of sp³-hybridized carbons (Fsp3) is 0.562. The molecule has 0 saturated carbocycles. The Hall–Kier alpha value is -1.53. The van der Waals surface area contributed by atoms with Gasteiger partial charge in [0.2, 0.25) is 0 Å². The first kappa shape index (κ1) is 16.8. The first-order chi connectivity index (χ1) is 10.6. The lowest BCUT2D eigenvalue weighted by atomic mass is 10.1. The minimum absolute atomic E-state index is 0.187. The summed E-state index contributed by atoms with van der Waals surface area (Å²) in [5.74, 6) is -2.48. The highest BCUT2D eigenvalue weighted by Crippen LogP contribution is 2.15. The molecule has 0 radical (unpaired) electrons. The van der Waals surface area contributed by atoms with Crippen LogP contribution in [0.3, 0.4) is 0 Å². The summed E-state index contributed by atoms with van der Waals surface area (Å²) >= 11 is 0. The Bertz CT molecular complexity index is 511. The van der Waals surface area contributed by atoms with E-state index in [2.05, 4.69) is 4.90 Å². The van der Waals surface area contributed by atoms with Crippen LogP contribution in [0.25, 0.3) is 0 Å². The standard InChI is InChI=1S/C16H22F2N2O2/c1-22-12-4-8-19-7-3-9-20(11-10-19)16(21)13-5-2-6-14(17)15(13)18/h2,5-6H,3-4,7-12H2,1H3. The normalized spacial score (nSPS) is 16.6. The van der Waals surface area contributed by atoms with Crippen LogP contribution in [-0.4, -0.2) is 62.1 Å². The SMILES string of the molecule is COCCCN1CCCN(C(=O)c2cccc(F)c2F)CC1. The van der Waals surface area contributed by atoms with E-state index in [9.17, 15) is 13.6 Å². The summed E-state index contributed by atoms with van der Waals surface area (Å²) < 4.78 is 32.0. The fourth-order valence-electron chi connectivity index (χ4n) is 2.67. The maximum Gasteiger partial charge on any atom is 0.256 e. The van der Waals surface area contributed by atoms with Crippen LogP contribution in [0.5, 0.6) is 0 Å². The Morgan fingerprint density at radius 1 is 1.23 bits per heavy atom. The van der Waals surface area contributed by atoms with Gasteiger partial charge < -0.3 is 14.5 Å². The van der Waals surface area contributed by atoms with Crippen LogP contribution in [0.4, 0.5) is 8.78 Å². The largest absolute Gasteiger partial charge is 0.385 e. The summed E-state index contributed by atoms with van der Waals surface area (Å²) in [6.45, 7) is 4.38. The number of rotatable bonds is 5. The van der Waals surface area contributed by atoms with E-state index < -0.39 is 17.5 Å². The third-order valence-corrected chi connectivity index (χ3v) is 3.88. The van der Waals surface area contributed by atoms with Gasteiger partial charge in [-0.2, -0.15) is 0 Å². The molecule has 122 valence electrons. The average Bonchev–Trinajstić information content (AvgIpc) is 2.75. The lowest BCUT2D eigenvalue weighted by molar-refractivity contribution is 0.0755. The predicted molar refractivity (Wildman–Crippen MR) is 79.8 cm³/mol. The van der Waals surface area contributed by atoms with Gasteiger partial charge in [0.05, 0.1) is 5.56 Å². The molecule has 0 aromatic heterocycles. The monoisotopic (exact) mass is 312 g/mol. The van der Waals surface area contributed by atoms with Crippen molar-refractivity contribution in [2.24, 2.45) is 0 Å². The van der Waals surface area contributed by atoms with Crippen LogP contribution in [0.2, 0.25) is 0 Å². The number of halogens is 2. The topological polar surface area (TPSA) is 32.8 Å². The Kier molecular flexibility index (Phi) is 6.27. The molecule has 0 unspecified atom stereocenters. The number of carbonyl (C=O) groups excluding carboxylic acids is 1. The van der Waals surface area contributed by atoms with E-state index in [1.54, 1.807) is 12.0 Å². The molecule has 4 nitrogen and oxygen atoms in total. The van der Waals surface area contributed by atoms with Gasteiger partial charge in [0, 0.05) is 39.9 Å². The summed E-state index contributed by atoms with van der Waals surface area (Å²) in [7, 11) is 1.68. The van der Waals surface area contributed by atoms with Crippen molar-refractivity contribution in [2.75, 3.05) is 46.4 Å². The molecular formula is C16H22F2N2O2. The number of carbonyl (C=O) groups is 1. The van der Waals surface area contributed by atoms with Crippen molar-refractivity contribution in [3.8, 4) is 0 Å². The highest BCUT2D eigenvalue weighted by molar-refractivity contribution is 5.94. The van der Waals surface area contributed by atoms with Crippen LogP contribution in [0, 0.1) is 11.6 Å². The van der Waals surface area contributed by atoms with Gasteiger partial charge in [0.25, 0.3) is 5.91 Å². The number of ether oxygens (including phenoxy) is 1. The molecule has 1 amide bonds. The van der Waals surface area contributed by atoms with Gasteiger partial charge in [-0.1, -0.05) is 6.07 Å². The van der Waals surface area contributed by atoms with E-state index >= 15 is 0 Å². The molecule has 1 aliphatic rings. The highest BCUT2D eigenvalue weighted by atomic mass is 19.2. The summed E-state index contributed by atoms with van der Waals surface area (Å²) in [6, 6.07) is 3.72. The van der Waals surface area contributed by atoms with Gasteiger partial charge in [0.1, 0.15) is 0 Å². The molecule has 1 saturated heterocycles. The van der Waals surface area contributed by atoms with Crippen LogP contribution in [-0.2, 0) is 4.74 Å². The maximum atomic E-state index is 13.7. The van der Waals surface area contributed by atoms with Gasteiger partial charge in [-0.25, -0.2) is 8.78 Å². The molecule has 1 aromatic rings. The van der Waals surface area contributed by atoms with E-state index in [1.807, 2.05) is 0 Å². The van der Waals surface area contributed by atoms with Gasteiger partial charge in [-0.05, 0) is 31.5 Å². The van der Waals surface area contributed by atoms with Crippen LogP contribution >= 0.6 is 0 Å². The minimum atomic E-state index is -1.06. The molecule has 0 aliphatic carbocycles. The second-order valence-electron chi connectivity index (χ2n) is 5.44. The molecule has 1 fully saturated rings. The number of hydrogen-bond donors (Lipinski definition) is 0. The van der Waals surface area contributed by atoms with E-state index in [4.69, 9.17) is 4.74 Å². The first-order valence-corrected chi connectivity index (χ1v) is 7.58. The molecule has 0 atom stereocenters. The Balaban J connectivity index is 1.95. The number of hydrogen-bond acceptors (Lipinski definition) is 3. The summed E-state index contributed by atoms with van der Waals surface area (Å²) in [6.07, 6.45) is 1.78. The molecule has 1 aromatic carbocycles. The smallest absolute Gasteiger partial charge is 0.256 e. The van der Waals surface area contributed by atoms with Crippen molar-refractivity contribution in [2.45, 2.75) is 12.8 Å². The van der Waals surface area contributed by atoms with Crippen LogP contribution in [0.1, 0.15) is 23.2 Å². The van der Waals surface area contributed by atoms with Crippen LogP contribution in [0.15, 0.2) is 18.2 Å². The molecule has 0 bridgehead atoms. The number of benzene rings is 1. The average molecular weight is 312 g/mol. The van der Waals surface area contributed by atoms with E-state index in [-0.39, 0.29) is 5.56 Å². The van der Waals surface area contributed by atoms with Gasteiger partial charge in [0.15, 0.2) is 11.6 Å². The number of nitrogens with zero attached hydrogens (tertiary/aromatic N) is 2. The Morgan fingerprint density at radius 2 is 2.05 bits per heavy atom. The van der Waals surface area contributed by atoms with Crippen molar-refractivity contribution in [3.63, 3.8) is 0 Å². The fourth-order valence-corrected chi connectivity index (χ4v) is 2.67. The highest BCUT2D eigenvalue weighted by Gasteiger charge is 2.23. The second kappa shape index (κ2) is 8.19. The minimum Gasteiger partial charge on any atom is -0.385 e. The third-order valence-electron chi connectivity index (χ3n) is 3.88. The van der Waals surface area contributed by atoms with Crippen molar-refractivity contribution in [1.29, 1.82) is 0 Å². The molecule has 0 N–H and O–H groups in total. The van der Waals surface area contributed by atoms with Crippen molar-refractivity contribution in [3.05, 3.63) is 35.4 Å². The first-order valence-electron chi connectivity index (χ1n) is 7.58. The van der Waals surface area contributed by atoms with E-state index in [1.165, 1.54) is 12.1 Å². The van der Waals surface area contributed by atoms with Gasteiger partial charge >= 0.3 is 0 Å². The van der Waals surface area contributed by atoms with E-state index in [0.29, 0.717) is 19.7 Å². The zero-order valence-corrected chi connectivity index (χ0v) is 12.9. The molecule has 2 rings (SSSR count). The summed E-state index contributed by atoms with van der Waals surface area (Å²) in [4.78, 5) is 16.3. The molecule has 6 heteroatoms. The molecule has 0 spiro atoms. The van der Waals surface area contributed by atoms with E-state index in [0.717, 1.165) is 38.5 Å². The molecule has 1 heterocycles. The zero-order valence-electron chi connectivity index (χ0n) is 12.9. The maximum absolute atomic E-state index is 13.7.